The van der Waals surface area contributed by atoms with E-state index in [-0.39, 0.29) is 4.90 Å². The van der Waals surface area contributed by atoms with Crippen LogP contribution in [0, 0.1) is 11.8 Å². The number of likely N-dealkylation sites (tertiary alicyclic amines) is 1. The summed E-state index contributed by atoms with van der Waals surface area (Å²) in [5.74, 6) is -2.15. The van der Waals surface area contributed by atoms with E-state index >= 15 is 0 Å². The fourth-order valence-corrected chi connectivity index (χ4v) is 5.05. The molecule has 146 valence electrons. The first-order chi connectivity index (χ1) is 12.4. The number of para-hydroxylation sites is 1. The summed E-state index contributed by atoms with van der Waals surface area (Å²) in [5, 5.41) is 0. The minimum absolute atomic E-state index is 0.248. The van der Waals surface area contributed by atoms with Crippen LogP contribution in [-0.2, 0) is 9.84 Å². The molecule has 1 aromatic rings. The number of sulfone groups is 1. The Hall–Kier alpha value is -1.21. The molecule has 0 bridgehead atoms. The zero-order valence-electron chi connectivity index (χ0n) is 15.3. The van der Waals surface area contributed by atoms with Gasteiger partial charge < -0.3 is 9.80 Å². The van der Waals surface area contributed by atoms with E-state index in [0.717, 1.165) is 44.9 Å². The molecule has 0 spiro atoms. The summed E-state index contributed by atoms with van der Waals surface area (Å²) in [4.78, 5) is 4.23. The van der Waals surface area contributed by atoms with Gasteiger partial charge in [-0.2, -0.15) is 8.78 Å². The molecule has 7 heteroatoms. The standard InChI is InChI=1S/C19H28F2N2O2S/c1-15-8-11-22(12-9-15)13-16-5-4-10-23(14-16)17-6-2-3-7-18(17)26(24,25)19(20)21/h2-3,6-7,15-16,19H,4-5,8-14H2,1H3. The average Bonchev–Trinajstić information content (AvgIpc) is 2.64. The van der Waals surface area contributed by atoms with Crippen molar-refractivity contribution in [1.29, 1.82) is 0 Å². The van der Waals surface area contributed by atoms with Crippen LogP contribution in [0.5, 0.6) is 0 Å². The molecular weight excluding hydrogens is 358 g/mol. The molecule has 0 amide bonds. The smallest absolute Gasteiger partial charge is 0.341 e. The molecule has 1 atom stereocenters. The highest BCUT2D eigenvalue weighted by Gasteiger charge is 2.32. The quantitative estimate of drug-likeness (QED) is 0.775. The number of anilines is 1. The van der Waals surface area contributed by atoms with Crippen LogP contribution < -0.4 is 4.90 Å². The number of nitrogens with zero attached hydrogens (tertiary/aromatic N) is 2. The number of hydrogen-bond acceptors (Lipinski definition) is 4. The van der Waals surface area contributed by atoms with Crippen LogP contribution in [-0.4, -0.2) is 51.8 Å². The van der Waals surface area contributed by atoms with Gasteiger partial charge in [-0.05, 0) is 62.7 Å². The molecule has 0 aromatic heterocycles. The molecule has 2 fully saturated rings. The van der Waals surface area contributed by atoms with Crippen molar-refractivity contribution in [2.75, 3.05) is 37.6 Å². The lowest BCUT2D eigenvalue weighted by Gasteiger charge is -2.39. The highest BCUT2D eigenvalue weighted by Crippen LogP contribution is 2.32. The number of rotatable bonds is 5. The Kier molecular flexibility index (Phi) is 6.17. The molecule has 1 unspecified atom stereocenters. The van der Waals surface area contributed by atoms with E-state index < -0.39 is 15.6 Å². The molecule has 26 heavy (non-hydrogen) atoms. The van der Waals surface area contributed by atoms with Crippen molar-refractivity contribution in [3.8, 4) is 0 Å². The molecular formula is C19H28F2N2O2S. The normalized spacial score (nSPS) is 23.5. The van der Waals surface area contributed by atoms with E-state index in [1.165, 1.54) is 25.0 Å². The first-order valence-corrected chi connectivity index (χ1v) is 11.0. The number of halogens is 2. The largest absolute Gasteiger partial charge is 0.370 e. The van der Waals surface area contributed by atoms with Crippen LogP contribution in [0.4, 0.5) is 14.5 Å². The maximum atomic E-state index is 13.0. The van der Waals surface area contributed by atoms with E-state index in [2.05, 4.69) is 11.8 Å². The van der Waals surface area contributed by atoms with Crippen LogP contribution in [0.3, 0.4) is 0 Å². The van der Waals surface area contributed by atoms with Gasteiger partial charge in [0, 0.05) is 19.6 Å². The van der Waals surface area contributed by atoms with Gasteiger partial charge in [-0.1, -0.05) is 19.1 Å². The second-order valence-electron chi connectivity index (χ2n) is 7.71. The highest BCUT2D eigenvalue weighted by molar-refractivity contribution is 7.91. The van der Waals surface area contributed by atoms with Crippen molar-refractivity contribution < 1.29 is 17.2 Å². The third kappa shape index (κ3) is 4.36. The van der Waals surface area contributed by atoms with Gasteiger partial charge in [0.25, 0.3) is 0 Å². The van der Waals surface area contributed by atoms with Gasteiger partial charge in [-0.25, -0.2) is 8.42 Å². The summed E-state index contributed by atoms with van der Waals surface area (Å²) in [6, 6.07) is 6.18. The summed E-state index contributed by atoms with van der Waals surface area (Å²) in [6.45, 7) is 6.97. The summed E-state index contributed by atoms with van der Waals surface area (Å²) in [5.41, 5.74) is 0.421. The lowest BCUT2D eigenvalue weighted by molar-refractivity contribution is 0.159. The Labute approximate surface area is 155 Å². The van der Waals surface area contributed by atoms with E-state index in [1.54, 1.807) is 12.1 Å². The van der Waals surface area contributed by atoms with Gasteiger partial charge >= 0.3 is 5.76 Å². The van der Waals surface area contributed by atoms with Gasteiger partial charge in [0.15, 0.2) is 0 Å². The van der Waals surface area contributed by atoms with E-state index in [9.17, 15) is 17.2 Å². The van der Waals surface area contributed by atoms with E-state index in [0.29, 0.717) is 18.2 Å². The number of alkyl halides is 2. The van der Waals surface area contributed by atoms with Crippen molar-refractivity contribution in [1.82, 2.24) is 4.90 Å². The second-order valence-corrected chi connectivity index (χ2v) is 9.60. The van der Waals surface area contributed by atoms with Gasteiger partial charge in [-0.15, -0.1) is 0 Å². The van der Waals surface area contributed by atoms with Crippen LogP contribution >= 0.6 is 0 Å². The topological polar surface area (TPSA) is 40.6 Å². The first-order valence-electron chi connectivity index (χ1n) is 9.46. The predicted octanol–water partition coefficient (Wildman–Crippen LogP) is 3.63. The van der Waals surface area contributed by atoms with Crippen molar-refractivity contribution in [2.24, 2.45) is 11.8 Å². The van der Waals surface area contributed by atoms with Crippen LogP contribution in [0.25, 0.3) is 0 Å². The minimum atomic E-state index is -4.59. The average molecular weight is 387 g/mol. The van der Waals surface area contributed by atoms with Gasteiger partial charge in [-0.3, -0.25) is 0 Å². The Morgan fingerprint density at radius 2 is 1.81 bits per heavy atom. The molecule has 0 radical (unpaired) electrons. The fraction of sp³-hybridized carbons (Fsp3) is 0.684. The number of hydrogen-bond donors (Lipinski definition) is 0. The number of benzene rings is 1. The molecule has 2 aliphatic heterocycles. The third-order valence-corrected chi connectivity index (χ3v) is 7.09. The summed E-state index contributed by atoms with van der Waals surface area (Å²) in [6.07, 6.45) is 4.52. The zero-order valence-corrected chi connectivity index (χ0v) is 16.1. The first kappa shape index (κ1) is 19.5. The fourth-order valence-electron chi connectivity index (χ4n) is 4.10. The van der Waals surface area contributed by atoms with Gasteiger partial charge in [0.2, 0.25) is 9.84 Å². The van der Waals surface area contributed by atoms with Crippen molar-refractivity contribution in [3.63, 3.8) is 0 Å². The van der Waals surface area contributed by atoms with Crippen molar-refractivity contribution >= 4 is 15.5 Å². The van der Waals surface area contributed by atoms with Crippen LogP contribution in [0.1, 0.15) is 32.6 Å². The molecule has 4 nitrogen and oxygen atoms in total. The molecule has 2 aliphatic rings. The molecule has 0 aliphatic carbocycles. The Morgan fingerprint density at radius 3 is 2.50 bits per heavy atom. The number of piperidine rings is 2. The molecule has 3 rings (SSSR count). The van der Waals surface area contributed by atoms with E-state index in [4.69, 9.17) is 0 Å². The Morgan fingerprint density at radius 1 is 1.12 bits per heavy atom. The third-order valence-electron chi connectivity index (χ3n) is 5.66. The molecule has 2 heterocycles. The predicted molar refractivity (Wildman–Crippen MR) is 99.4 cm³/mol. The van der Waals surface area contributed by atoms with E-state index in [1.807, 2.05) is 4.90 Å². The van der Waals surface area contributed by atoms with Crippen molar-refractivity contribution in [3.05, 3.63) is 24.3 Å². The van der Waals surface area contributed by atoms with Crippen LogP contribution in [0.15, 0.2) is 29.2 Å². The summed E-state index contributed by atoms with van der Waals surface area (Å²) < 4.78 is 50.2. The lowest BCUT2D eigenvalue weighted by Crippen LogP contribution is -2.43. The maximum absolute atomic E-state index is 13.0. The van der Waals surface area contributed by atoms with Gasteiger partial charge in [0.1, 0.15) is 0 Å². The molecule has 0 saturated carbocycles. The lowest BCUT2D eigenvalue weighted by atomic mass is 9.94. The summed E-state index contributed by atoms with van der Waals surface area (Å²) >= 11 is 0. The highest BCUT2D eigenvalue weighted by atomic mass is 32.2. The molecule has 0 N–H and O–H groups in total. The zero-order chi connectivity index (χ0) is 18.7. The molecule has 1 aromatic carbocycles. The van der Waals surface area contributed by atoms with Crippen LogP contribution in [0.2, 0.25) is 0 Å². The summed E-state index contributed by atoms with van der Waals surface area (Å²) in [7, 11) is -4.59. The minimum Gasteiger partial charge on any atom is -0.370 e. The Bertz CT molecular complexity index is 703. The van der Waals surface area contributed by atoms with Gasteiger partial charge in [0.05, 0.1) is 10.6 Å². The second kappa shape index (κ2) is 8.21. The monoisotopic (exact) mass is 386 g/mol. The maximum Gasteiger partial charge on any atom is 0.341 e. The Balaban J connectivity index is 1.72. The SMILES string of the molecule is CC1CCN(CC2CCCN(c3ccccc3S(=O)(=O)C(F)F)C2)CC1. The molecule has 2 saturated heterocycles. The van der Waals surface area contributed by atoms with Crippen molar-refractivity contribution in [2.45, 2.75) is 43.3 Å².